The molecule has 102 valence electrons. The third-order valence-corrected chi connectivity index (χ3v) is 3.97. The van der Waals surface area contributed by atoms with Crippen LogP contribution in [0, 0.1) is 0 Å². The molecule has 0 fully saturated rings. The second-order valence-electron chi connectivity index (χ2n) is 4.46. The molecule has 0 spiro atoms. The summed E-state index contributed by atoms with van der Waals surface area (Å²) >= 11 is 2.00. The van der Waals surface area contributed by atoms with Gasteiger partial charge in [0.2, 0.25) is 0 Å². The quantitative estimate of drug-likeness (QED) is 0.631. The zero-order chi connectivity index (χ0) is 13.1. The molecule has 2 N–H and O–H groups in total. The van der Waals surface area contributed by atoms with Crippen molar-refractivity contribution in [1.29, 1.82) is 0 Å². The monoisotopic (exact) mass is 267 g/mol. The highest BCUT2D eigenvalue weighted by Gasteiger charge is 1.95. The normalized spacial score (nSPS) is 10.6. The average molecular weight is 267 g/mol. The van der Waals surface area contributed by atoms with Gasteiger partial charge in [-0.1, -0.05) is 19.1 Å². The first-order chi connectivity index (χ1) is 8.86. The molecule has 1 aromatic carbocycles. The number of aliphatic hydroxyl groups is 1. The molecule has 0 unspecified atom stereocenters. The molecule has 0 radical (unpaired) electrons. The van der Waals surface area contributed by atoms with Gasteiger partial charge >= 0.3 is 0 Å². The molecule has 0 atom stereocenters. The van der Waals surface area contributed by atoms with Crippen molar-refractivity contribution in [1.82, 2.24) is 0 Å². The minimum absolute atomic E-state index is 0.310. The van der Waals surface area contributed by atoms with Crippen LogP contribution in [0.2, 0.25) is 0 Å². The van der Waals surface area contributed by atoms with E-state index < -0.39 is 0 Å². The van der Waals surface area contributed by atoms with Crippen LogP contribution < -0.4 is 5.32 Å². The number of anilines is 1. The van der Waals surface area contributed by atoms with Gasteiger partial charge in [0.15, 0.2) is 0 Å². The molecule has 0 aliphatic heterocycles. The summed E-state index contributed by atoms with van der Waals surface area (Å²) in [5.41, 5.74) is 2.60. The fourth-order valence-corrected chi connectivity index (χ4v) is 2.56. The Kier molecular flexibility index (Phi) is 8.78. The van der Waals surface area contributed by atoms with E-state index >= 15 is 0 Å². The lowest BCUT2D eigenvalue weighted by atomic mass is 10.2. The number of hydrogen-bond acceptors (Lipinski definition) is 3. The van der Waals surface area contributed by atoms with Crippen LogP contribution in [0.4, 0.5) is 5.69 Å². The molecular weight excluding hydrogens is 242 g/mol. The van der Waals surface area contributed by atoms with Crippen LogP contribution in [-0.4, -0.2) is 24.0 Å². The van der Waals surface area contributed by atoms with E-state index in [0.29, 0.717) is 6.61 Å². The molecule has 0 aliphatic carbocycles. The van der Waals surface area contributed by atoms with E-state index in [0.717, 1.165) is 31.6 Å². The standard InChI is InChI=1S/C15H25NOS/c1-2-12-18-13-14-6-8-15(9-7-14)16-10-4-3-5-11-17/h6-9,16-17H,2-5,10-13H2,1H3. The molecule has 0 aromatic heterocycles. The molecular formula is C15H25NOS. The van der Waals surface area contributed by atoms with E-state index in [9.17, 15) is 0 Å². The van der Waals surface area contributed by atoms with E-state index in [1.165, 1.54) is 23.4 Å². The van der Waals surface area contributed by atoms with Crippen LogP contribution in [0.3, 0.4) is 0 Å². The van der Waals surface area contributed by atoms with Gasteiger partial charge in [-0.2, -0.15) is 11.8 Å². The van der Waals surface area contributed by atoms with E-state index in [2.05, 4.69) is 36.5 Å². The van der Waals surface area contributed by atoms with Gasteiger partial charge < -0.3 is 10.4 Å². The molecule has 2 nitrogen and oxygen atoms in total. The SMILES string of the molecule is CCCSCc1ccc(NCCCCCO)cc1. The van der Waals surface area contributed by atoms with Crippen molar-refractivity contribution in [2.24, 2.45) is 0 Å². The zero-order valence-electron chi connectivity index (χ0n) is 11.3. The minimum Gasteiger partial charge on any atom is -0.396 e. The van der Waals surface area contributed by atoms with Crippen LogP contribution in [0.5, 0.6) is 0 Å². The fraction of sp³-hybridized carbons (Fsp3) is 0.600. The van der Waals surface area contributed by atoms with Crippen LogP contribution in [0.15, 0.2) is 24.3 Å². The molecule has 0 amide bonds. The van der Waals surface area contributed by atoms with E-state index in [-0.39, 0.29) is 0 Å². The van der Waals surface area contributed by atoms with Crippen molar-refractivity contribution in [2.75, 3.05) is 24.2 Å². The maximum Gasteiger partial charge on any atom is 0.0431 e. The van der Waals surface area contributed by atoms with E-state index in [4.69, 9.17) is 5.11 Å². The van der Waals surface area contributed by atoms with Gasteiger partial charge in [-0.05, 0) is 49.1 Å². The summed E-state index contributed by atoms with van der Waals surface area (Å²) in [6, 6.07) is 8.74. The molecule has 0 bridgehead atoms. The van der Waals surface area contributed by atoms with Crippen molar-refractivity contribution in [2.45, 2.75) is 38.4 Å². The Morgan fingerprint density at radius 2 is 1.89 bits per heavy atom. The van der Waals surface area contributed by atoms with Crippen LogP contribution in [0.1, 0.15) is 38.2 Å². The molecule has 0 saturated carbocycles. The first-order valence-corrected chi connectivity index (χ1v) is 8.03. The number of thioether (sulfide) groups is 1. The van der Waals surface area contributed by atoms with E-state index in [1.54, 1.807) is 0 Å². The van der Waals surface area contributed by atoms with Gasteiger partial charge in [0.1, 0.15) is 0 Å². The summed E-state index contributed by atoms with van der Waals surface area (Å²) in [6.45, 7) is 3.52. The van der Waals surface area contributed by atoms with Gasteiger partial charge in [-0.3, -0.25) is 0 Å². The number of aliphatic hydroxyl groups excluding tert-OH is 1. The largest absolute Gasteiger partial charge is 0.396 e. The second kappa shape index (κ2) is 10.3. The lowest BCUT2D eigenvalue weighted by Crippen LogP contribution is -2.01. The van der Waals surface area contributed by atoms with Crippen molar-refractivity contribution >= 4 is 17.4 Å². The molecule has 0 heterocycles. The summed E-state index contributed by atoms with van der Waals surface area (Å²) in [6.07, 6.45) is 4.37. The van der Waals surface area contributed by atoms with Crippen molar-refractivity contribution < 1.29 is 5.11 Å². The lowest BCUT2D eigenvalue weighted by molar-refractivity contribution is 0.283. The van der Waals surface area contributed by atoms with Crippen molar-refractivity contribution in [3.05, 3.63) is 29.8 Å². The summed E-state index contributed by atoms with van der Waals surface area (Å²) in [5.74, 6) is 2.36. The first-order valence-electron chi connectivity index (χ1n) is 6.88. The van der Waals surface area contributed by atoms with Gasteiger partial charge in [0, 0.05) is 24.6 Å². The average Bonchev–Trinajstić information content (AvgIpc) is 2.40. The third kappa shape index (κ3) is 6.92. The Balaban J connectivity index is 2.19. The number of rotatable bonds is 10. The molecule has 1 rings (SSSR count). The summed E-state index contributed by atoms with van der Waals surface area (Å²) in [7, 11) is 0. The highest BCUT2D eigenvalue weighted by Crippen LogP contribution is 2.16. The highest BCUT2D eigenvalue weighted by molar-refractivity contribution is 7.98. The van der Waals surface area contributed by atoms with Crippen molar-refractivity contribution in [3.8, 4) is 0 Å². The molecule has 0 saturated heterocycles. The van der Waals surface area contributed by atoms with Gasteiger partial charge in [0.05, 0.1) is 0 Å². The smallest absolute Gasteiger partial charge is 0.0431 e. The Hall–Kier alpha value is -0.670. The topological polar surface area (TPSA) is 32.3 Å². The summed E-state index contributed by atoms with van der Waals surface area (Å²) in [4.78, 5) is 0. The summed E-state index contributed by atoms with van der Waals surface area (Å²) in [5, 5.41) is 12.1. The van der Waals surface area contributed by atoms with Crippen LogP contribution in [0.25, 0.3) is 0 Å². The summed E-state index contributed by atoms with van der Waals surface area (Å²) < 4.78 is 0. The Morgan fingerprint density at radius 1 is 1.11 bits per heavy atom. The van der Waals surface area contributed by atoms with E-state index in [1.807, 2.05) is 11.8 Å². The number of benzene rings is 1. The van der Waals surface area contributed by atoms with Gasteiger partial charge in [0.25, 0.3) is 0 Å². The Morgan fingerprint density at radius 3 is 2.56 bits per heavy atom. The molecule has 3 heteroatoms. The molecule has 1 aromatic rings. The Labute approximate surface area is 115 Å². The van der Waals surface area contributed by atoms with Crippen LogP contribution >= 0.6 is 11.8 Å². The minimum atomic E-state index is 0.310. The lowest BCUT2D eigenvalue weighted by Gasteiger charge is -2.07. The fourth-order valence-electron chi connectivity index (χ4n) is 1.70. The van der Waals surface area contributed by atoms with Gasteiger partial charge in [-0.25, -0.2) is 0 Å². The predicted molar refractivity (Wildman–Crippen MR) is 82.3 cm³/mol. The number of unbranched alkanes of at least 4 members (excludes halogenated alkanes) is 2. The number of hydrogen-bond donors (Lipinski definition) is 2. The number of nitrogens with one attached hydrogen (secondary N) is 1. The van der Waals surface area contributed by atoms with Crippen molar-refractivity contribution in [3.63, 3.8) is 0 Å². The Bertz CT molecular complexity index is 300. The molecule has 0 aliphatic rings. The third-order valence-electron chi connectivity index (χ3n) is 2.74. The second-order valence-corrected chi connectivity index (χ2v) is 5.57. The first kappa shape index (κ1) is 15.4. The maximum atomic E-state index is 8.68. The highest BCUT2D eigenvalue weighted by atomic mass is 32.2. The zero-order valence-corrected chi connectivity index (χ0v) is 12.1. The van der Waals surface area contributed by atoms with Gasteiger partial charge in [-0.15, -0.1) is 0 Å². The van der Waals surface area contributed by atoms with Crippen LogP contribution in [-0.2, 0) is 5.75 Å². The molecule has 18 heavy (non-hydrogen) atoms. The maximum absolute atomic E-state index is 8.68. The predicted octanol–water partition coefficient (Wildman–Crippen LogP) is 3.90.